The molecule has 0 radical (unpaired) electrons. The number of unbranched alkanes of at least 4 members (excludes halogenated alkanes) is 7. The Morgan fingerprint density at radius 2 is 1.23 bits per heavy atom. The maximum atomic E-state index is 10.4. The molecule has 4 nitrogen and oxygen atoms in total. The van der Waals surface area contributed by atoms with Crippen LogP contribution in [0.5, 0.6) is 0 Å². The predicted molar refractivity (Wildman–Crippen MR) is 128 cm³/mol. The molecule has 0 heterocycles. The minimum Gasteiger partial charge on any atom is -0.744 e. The van der Waals surface area contributed by atoms with Crippen LogP contribution in [0.2, 0.25) is 0 Å². The minimum absolute atomic E-state index is 0.178. The van der Waals surface area contributed by atoms with E-state index in [1.807, 2.05) is 6.92 Å². The van der Waals surface area contributed by atoms with E-state index in [1.165, 1.54) is 100 Å². The average Bonchev–Trinajstić information content (AvgIpc) is 2.69. The summed E-state index contributed by atoms with van der Waals surface area (Å²) in [6, 6.07) is 5.78. The lowest BCUT2D eigenvalue weighted by molar-refractivity contribution is -0.910. The second-order valence-electron chi connectivity index (χ2n) is 8.57. The van der Waals surface area contributed by atoms with Gasteiger partial charge in [0.05, 0.1) is 31.6 Å². The molecule has 0 N–H and O–H groups in total. The van der Waals surface area contributed by atoms with E-state index >= 15 is 0 Å². The first-order valence-electron chi connectivity index (χ1n) is 11.6. The van der Waals surface area contributed by atoms with Crippen molar-refractivity contribution in [1.29, 1.82) is 0 Å². The highest BCUT2D eigenvalue weighted by Crippen LogP contribution is 2.14. The van der Waals surface area contributed by atoms with Crippen LogP contribution in [0.25, 0.3) is 0 Å². The van der Waals surface area contributed by atoms with E-state index in [9.17, 15) is 13.0 Å². The van der Waals surface area contributed by atoms with Crippen molar-refractivity contribution < 1.29 is 17.5 Å². The van der Waals surface area contributed by atoms with Crippen LogP contribution in [-0.2, 0) is 10.1 Å². The Balaban J connectivity index is 0.000000642. The summed E-state index contributed by atoms with van der Waals surface area (Å²) in [5.74, 6) is 0.825. The van der Waals surface area contributed by atoms with Crippen molar-refractivity contribution in [2.45, 2.75) is 89.9 Å². The van der Waals surface area contributed by atoms with Crippen LogP contribution in [0.3, 0.4) is 0 Å². The summed E-state index contributed by atoms with van der Waals surface area (Å²) >= 11 is 5.81. The second kappa shape index (κ2) is 17.0. The zero-order valence-corrected chi connectivity index (χ0v) is 21.2. The van der Waals surface area contributed by atoms with E-state index in [-0.39, 0.29) is 4.90 Å². The molecule has 0 saturated heterocycles. The van der Waals surface area contributed by atoms with Crippen LogP contribution >= 0.6 is 11.6 Å². The Hall–Kier alpha value is -0.620. The molecular formula is C24H44ClNO3S. The molecule has 0 atom stereocenters. The fraction of sp³-hybridized carbons (Fsp3) is 0.750. The zero-order chi connectivity index (χ0) is 22.9. The van der Waals surface area contributed by atoms with E-state index in [0.717, 1.165) is 11.4 Å². The molecule has 1 aromatic rings. The third kappa shape index (κ3) is 15.2. The predicted octanol–water partition coefficient (Wildman–Crippen LogP) is 6.51. The molecule has 0 spiro atoms. The van der Waals surface area contributed by atoms with Crippen LogP contribution in [0.1, 0.15) is 83.6 Å². The number of hydrogen-bond donors (Lipinski definition) is 0. The Labute approximate surface area is 191 Å². The number of hydrogen-bond acceptors (Lipinski definition) is 3. The summed E-state index contributed by atoms with van der Waals surface area (Å²) in [6.45, 7) is 10.5. The maximum absolute atomic E-state index is 10.4. The van der Waals surface area contributed by atoms with E-state index in [2.05, 4.69) is 20.9 Å². The number of rotatable bonds is 15. The van der Waals surface area contributed by atoms with Gasteiger partial charge in [0.1, 0.15) is 10.1 Å². The number of aryl methyl sites for hydroxylation is 1. The molecule has 30 heavy (non-hydrogen) atoms. The van der Waals surface area contributed by atoms with Gasteiger partial charge in [-0.2, -0.15) is 0 Å². The van der Waals surface area contributed by atoms with E-state index in [1.54, 1.807) is 12.1 Å². The SMILES string of the molecule is CCCCCC[N+](C)(CCCCCl)CCCCCC.Cc1ccc(S(=O)(=O)[O-])cc1. The van der Waals surface area contributed by atoms with E-state index in [4.69, 9.17) is 11.6 Å². The summed E-state index contributed by atoms with van der Waals surface area (Å²) in [7, 11) is -1.81. The van der Waals surface area contributed by atoms with Gasteiger partial charge in [-0.3, -0.25) is 0 Å². The van der Waals surface area contributed by atoms with Crippen LogP contribution < -0.4 is 0 Å². The molecule has 0 aromatic heterocycles. The smallest absolute Gasteiger partial charge is 0.124 e. The van der Waals surface area contributed by atoms with Gasteiger partial charge in [-0.15, -0.1) is 11.6 Å². The monoisotopic (exact) mass is 461 g/mol. The van der Waals surface area contributed by atoms with Crippen molar-refractivity contribution in [1.82, 2.24) is 0 Å². The van der Waals surface area contributed by atoms with Gasteiger partial charge in [0, 0.05) is 5.88 Å². The van der Waals surface area contributed by atoms with Crippen molar-refractivity contribution in [3.63, 3.8) is 0 Å². The Morgan fingerprint density at radius 1 is 0.800 bits per heavy atom. The van der Waals surface area contributed by atoms with Crippen LogP contribution in [-0.4, -0.2) is 50.0 Å². The highest BCUT2D eigenvalue weighted by atomic mass is 35.5. The van der Waals surface area contributed by atoms with Gasteiger partial charge in [0.2, 0.25) is 0 Å². The molecular weight excluding hydrogens is 418 g/mol. The third-order valence-electron chi connectivity index (χ3n) is 5.49. The largest absolute Gasteiger partial charge is 0.744 e. The minimum atomic E-state index is -4.27. The summed E-state index contributed by atoms with van der Waals surface area (Å²) in [4.78, 5) is -0.178. The van der Waals surface area contributed by atoms with E-state index in [0.29, 0.717) is 0 Å². The van der Waals surface area contributed by atoms with Gasteiger partial charge < -0.3 is 9.04 Å². The van der Waals surface area contributed by atoms with Gasteiger partial charge in [-0.1, -0.05) is 57.2 Å². The second-order valence-corrected chi connectivity index (χ2v) is 10.3. The summed E-state index contributed by atoms with van der Waals surface area (Å²) in [5.41, 5.74) is 0.928. The first-order valence-corrected chi connectivity index (χ1v) is 13.5. The molecule has 0 amide bonds. The number of nitrogens with zero attached hydrogens (tertiary/aromatic N) is 1. The van der Waals surface area contributed by atoms with Gasteiger partial charge in [-0.05, 0) is 57.6 Å². The van der Waals surface area contributed by atoms with Crippen LogP contribution in [0.15, 0.2) is 29.2 Å². The molecule has 1 aromatic carbocycles. The van der Waals surface area contributed by atoms with E-state index < -0.39 is 10.1 Å². The molecule has 176 valence electrons. The Kier molecular flexibility index (Phi) is 16.6. The topological polar surface area (TPSA) is 57.2 Å². The van der Waals surface area contributed by atoms with Gasteiger partial charge in [0.25, 0.3) is 0 Å². The molecule has 0 fully saturated rings. The van der Waals surface area contributed by atoms with Crippen molar-refractivity contribution in [3.8, 4) is 0 Å². The molecule has 0 unspecified atom stereocenters. The van der Waals surface area contributed by atoms with Crippen molar-refractivity contribution in [3.05, 3.63) is 29.8 Å². The van der Waals surface area contributed by atoms with Crippen LogP contribution in [0, 0.1) is 6.92 Å². The first-order chi connectivity index (χ1) is 14.2. The van der Waals surface area contributed by atoms with Crippen molar-refractivity contribution >= 4 is 21.7 Å². The Bertz CT molecular complexity index is 620. The quantitative estimate of drug-likeness (QED) is 0.129. The number of benzene rings is 1. The Morgan fingerprint density at radius 3 is 1.60 bits per heavy atom. The molecule has 1 rings (SSSR count). The molecule has 0 bridgehead atoms. The van der Waals surface area contributed by atoms with Gasteiger partial charge in [-0.25, -0.2) is 8.42 Å². The first kappa shape index (κ1) is 29.4. The number of quaternary nitrogens is 1. The lowest BCUT2D eigenvalue weighted by atomic mass is 10.1. The average molecular weight is 462 g/mol. The maximum Gasteiger partial charge on any atom is 0.124 e. The van der Waals surface area contributed by atoms with Gasteiger partial charge >= 0.3 is 0 Å². The van der Waals surface area contributed by atoms with Gasteiger partial charge in [0.15, 0.2) is 0 Å². The van der Waals surface area contributed by atoms with Crippen molar-refractivity contribution in [2.75, 3.05) is 32.6 Å². The normalized spacial score (nSPS) is 11.8. The highest BCUT2D eigenvalue weighted by molar-refractivity contribution is 7.85. The lowest BCUT2D eigenvalue weighted by Crippen LogP contribution is -2.46. The summed E-state index contributed by atoms with van der Waals surface area (Å²) < 4.78 is 32.4. The fourth-order valence-electron chi connectivity index (χ4n) is 3.47. The summed E-state index contributed by atoms with van der Waals surface area (Å²) in [5, 5.41) is 0. The number of halogens is 1. The molecule has 6 heteroatoms. The summed E-state index contributed by atoms with van der Waals surface area (Å²) in [6.07, 6.45) is 13.6. The lowest BCUT2D eigenvalue weighted by Gasteiger charge is -2.35. The molecule has 0 aliphatic heterocycles. The molecule has 0 saturated carbocycles. The number of alkyl halides is 1. The van der Waals surface area contributed by atoms with Crippen LogP contribution in [0.4, 0.5) is 0 Å². The zero-order valence-electron chi connectivity index (χ0n) is 19.7. The standard InChI is InChI=1S/C17H37ClN.C7H8O3S/c1-4-6-8-11-15-19(3,17-13-10-14-18)16-12-9-7-5-2;1-6-2-4-7(5-3-6)11(8,9)10/h4-17H2,1-3H3;2-5H,1H3,(H,8,9,10)/q+1;/p-1. The third-order valence-corrected chi connectivity index (χ3v) is 6.61. The molecule has 0 aliphatic rings. The van der Waals surface area contributed by atoms with Crippen molar-refractivity contribution in [2.24, 2.45) is 0 Å². The highest BCUT2D eigenvalue weighted by Gasteiger charge is 2.19. The fourth-order valence-corrected chi connectivity index (χ4v) is 4.13. The molecule has 0 aliphatic carbocycles.